The van der Waals surface area contributed by atoms with Crippen LogP contribution in [0.4, 0.5) is 4.39 Å². The average Bonchev–Trinajstić information content (AvgIpc) is 2.83. The molecule has 0 saturated carbocycles. The van der Waals surface area contributed by atoms with Gasteiger partial charge in [-0.15, -0.1) is 0 Å². The first-order valence-corrected chi connectivity index (χ1v) is 11.7. The number of halogens is 1. The number of aryl methyl sites for hydroxylation is 1. The molecule has 5 heteroatoms. The maximum Gasteiger partial charge on any atom is 0.243 e. The van der Waals surface area contributed by atoms with Crippen LogP contribution in [0.15, 0.2) is 78.9 Å². The van der Waals surface area contributed by atoms with Gasteiger partial charge in [0, 0.05) is 19.5 Å². The van der Waals surface area contributed by atoms with Gasteiger partial charge in [0.25, 0.3) is 0 Å². The van der Waals surface area contributed by atoms with Crippen molar-refractivity contribution in [1.82, 2.24) is 10.2 Å². The lowest BCUT2D eigenvalue weighted by atomic mass is 10.00. The first-order valence-electron chi connectivity index (χ1n) is 11.7. The summed E-state index contributed by atoms with van der Waals surface area (Å²) in [7, 11) is 0. The fourth-order valence-electron chi connectivity index (χ4n) is 3.85. The summed E-state index contributed by atoms with van der Waals surface area (Å²) < 4.78 is 14.4. The molecule has 3 rings (SSSR count). The fraction of sp³-hybridized carbons (Fsp3) is 0.310. The molecular weight excluding hydrogens is 427 g/mol. The average molecular weight is 461 g/mol. The minimum atomic E-state index is -0.722. The van der Waals surface area contributed by atoms with Crippen LogP contribution in [0, 0.1) is 18.7 Å². The molecule has 34 heavy (non-hydrogen) atoms. The van der Waals surface area contributed by atoms with Crippen molar-refractivity contribution in [3.8, 4) is 0 Å². The number of amides is 2. The van der Waals surface area contributed by atoms with Crippen LogP contribution in [-0.2, 0) is 29.0 Å². The molecule has 0 saturated heterocycles. The fourth-order valence-corrected chi connectivity index (χ4v) is 3.85. The summed E-state index contributed by atoms with van der Waals surface area (Å²) in [6, 6.07) is 23.1. The third-order valence-corrected chi connectivity index (χ3v) is 5.86. The molecule has 4 nitrogen and oxygen atoms in total. The molecule has 0 aliphatic rings. The summed E-state index contributed by atoms with van der Waals surface area (Å²) in [6.45, 7) is 6.83. The molecule has 3 aromatic carbocycles. The van der Waals surface area contributed by atoms with E-state index in [0.29, 0.717) is 18.5 Å². The van der Waals surface area contributed by atoms with E-state index in [2.05, 4.69) is 5.32 Å². The molecule has 0 aliphatic carbocycles. The first-order chi connectivity index (χ1) is 16.3. The topological polar surface area (TPSA) is 49.4 Å². The smallest absolute Gasteiger partial charge is 0.243 e. The molecule has 0 spiro atoms. The number of carbonyl (C=O) groups excluding carboxylic acids is 2. The highest BCUT2D eigenvalue weighted by Crippen LogP contribution is 2.19. The normalized spacial score (nSPS) is 11.8. The summed E-state index contributed by atoms with van der Waals surface area (Å²) in [5.74, 6) is -0.627. The molecule has 0 radical (unpaired) electrons. The second kappa shape index (κ2) is 12.1. The predicted octanol–water partition coefficient (Wildman–Crippen LogP) is 5.09. The van der Waals surface area contributed by atoms with Crippen molar-refractivity contribution in [3.63, 3.8) is 0 Å². The van der Waals surface area contributed by atoms with Crippen molar-refractivity contribution in [2.75, 3.05) is 6.54 Å². The van der Waals surface area contributed by atoms with E-state index >= 15 is 0 Å². The van der Waals surface area contributed by atoms with Gasteiger partial charge in [0.15, 0.2) is 0 Å². The van der Waals surface area contributed by atoms with Gasteiger partial charge < -0.3 is 10.2 Å². The van der Waals surface area contributed by atoms with Crippen LogP contribution in [0.5, 0.6) is 0 Å². The summed E-state index contributed by atoms with van der Waals surface area (Å²) in [4.78, 5) is 28.7. The Morgan fingerprint density at radius 2 is 1.50 bits per heavy atom. The van der Waals surface area contributed by atoms with E-state index in [1.54, 1.807) is 23.1 Å². The van der Waals surface area contributed by atoms with E-state index in [4.69, 9.17) is 0 Å². The van der Waals surface area contributed by atoms with Crippen LogP contribution in [-0.4, -0.2) is 29.3 Å². The molecule has 0 aliphatic heterocycles. The van der Waals surface area contributed by atoms with Crippen LogP contribution >= 0.6 is 0 Å². The van der Waals surface area contributed by atoms with E-state index in [1.807, 2.05) is 75.4 Å². The van der Waals surface area contributed by atoms with Gasteiger partial charge in [0.05, 0.1) is 6.42 Å². The molecule has 1 atom stereocenters. The van der Waals surface area contributed by atoms with Crippen molar-refractivity contribution >= 4 is 11.8 Å². The van der Waals surface area contributed by atoms with E-state index in [1.165, 1.54) is 6.07 Å². The second-order valence-corrected chi connectivity index (χ2v) is 9.06. The summed E-state index contributed by atoms with van der Waals surface area (Å²) in [5.41, 5.74) is 3.27. The molecule has 178 valence electrons. The van der Waals surface area contributed by atoms with Gasteiger partial charge in [-0.25, -0.2) is 4.39 Å². The van der Waals surface area contributed by atoms with Gasteiger partial charge in [-0.05, 0) is 41.2 Å². The number of hydrogen-bond donors (Lipinski definition) is 1. The van der Waals surface area contributed by atoms with Crippen LogP contribution in [0.25, 0.3) is 0 Å². The Balaban J connectivity index is 1.98. The Morgan fingerprint density at radius 3 is 2.15 bits per heavy atom. The SMILES string of the molecule is Cc1ccccc1CN(C(=O)Cc1ccccc1F)[C@@H](Cc1ccccc1)C(=O)NCC(C)C. The molecule has 1 N–H and O–H groups in total. The van der Waals surface area contributed by atoms with Gasteiger partial charge in [0.1, 0.15) is 11.9 Å². The summed E-state index contributed by atoms with van der Waals surface area (Å²) in [5, 5.41) is 3.01. The highest BCUT2D eigenvalue weighted by Gasteiger charge is 2.31. The molecule has 3 aromatic rings. The maximum atomic E-state index is 14.4. The van der Waals surface area contributed by atoms with Crippen LogP contribution in [0.2, 0.25) is 0 Å². The monoisotopic (exact) mass is 460 g/mol. The van der Waals surface area contributed by atoms with Gasteiger partial charge >= 0.3 is 0 Å². The third-order valence-electron chi connectivity index (χ3n) is 5.86. The predicted molar refractivity (Wildman–Crippen MR) is 134 cm³/mol. The van der Waals surface area contributed by atoms with Gasteiger partial charge in [-0.3, -0.25) is 9.59 Å². The quantitative estimate of drug-likeness (QED) is 0.458. The Labute approximate surface area is 201 Å². The molecule has 0 heterocycles. The van der Waals surface area contributed by atoms with Crippen molar-refractivity contribution in [1.29, 1.82) is 0 Å². The van der Waals surface area contributed by atoms with Gasteiger partial charge in [-0.2, -0.15) is 0 Å². The summed E-state index contributed by atoms with van der Waals surface area (Å²) >= 11 is 0. The van der Waals surface area contributed by atoms with Crippen molar-refractivity contribution in [3.05, 3.63) is 107 Å². The van der Waals surface area contributed by atoms with E-state index in [-0.39, 0.29) is 30.7 Å². The van der Waals surface area contributed by atoms with Crippen molar-refractivity contribution in [2.45, 2.75) is 46.2 Å². The number of nitrogens with zero attached hydrogens (tertiary/aromatic N) is 1. The zero-order valence-electron chi connectivity index (χ0n) is 20.1. The largest absolute Gasteiger partial charge is 0.354 e. The molecule has 0 aromatic heterocycles. The van der Waals surface area contributed by atoms with Crippen LogP contribution in [0.1, 0.15) is 36.1 Å². The number of benzene rings is 3. The van der Waals surface area contributed by atoms with Crippen molar-refractivity contribution < 1.29 is 14.0 Å². The minimum Gasteiger partial charge on any atom is -0.354 e. The molecule has 2 amide bonds. The Hall–Kier alpha value is -3.47. The lowest BCUT2D eigenvalue weighted by Crippen LogP contribution is -2.51. The molecule has 0 fully saturated rings. The van der Waals surface area contributed by atoms with Crippen LogP contribution < -0.4 is 5.32 Å². The number of carbonyl (C=O) groups is 2. The Kier molecular flexibility index (Phi) is 8.97. The second-order valence-electron chi connectivity index (χ2n) is 9.06. The Bertz CT molecular complexity index is 1100. The van der Waals surface area contributed by atoms with Gasteiger partial charge in [-0.1, -0.05) is 86.6 Å². The zero-order valence-corrected chi connectivity index (χ0v) is 20.1. The first kappa shape index (κ1) is 25.2. The standard InChI is InChI=1S/C29H33FN2O2/c1-21(2)19-31-29(34)27(17-23-12-5-4-6-13-23)32(20-25-15-8-7-11-22(25)3)28(33)18-24-14-9-10-16-26(24)30/h4-16,21,27H,17-20H2,1-3H3,(H,31,34)/t27-/m0/s1. The van der Waals surface area contributed by atoms with E-state index in [0.717, 1.165) is 16.7 Å². The molecular formula is C29H33FN2O2. The number of nitrogens with one attached hydrogen (secondary N) is 1. The van der Waals surface area contributed by atoms with Crippen LogP contribution in [0.3, 0.4) is 0 Å². The summed E-state index contributed by atoms with van der Waals surface area (Å²) in [6.07, 6.45) is 0.265. The number of rotatable bonds is 10. The number of hydrogen-bond acceptors (Lipinski definition) is 2. The Morgan fingerprint density at radius 1 is 0.882 bits per heavy atom. The maximum absolute atomic E-state index is 14.4. The highest BCUT2D eigenvalue weighted by atomic mass is 19.1. The lowest BCUT2D eigenvalue weighted by molar-refractivity contribution is -0.140. The van der Waals surface area contributed by atoms with Gasteiger partial charge in [0.2, 0.25) is 11.8 Å². The highest BCUT2D eigenvalue weighted by molar-refractivity contribution is 5.88. The molecule has 0 unspecified atom stereocenters. The van der Waals surface area contributed by atoms with E-state index < -0.39 is 11.9 Å². The third kappa shape index (κ3) is 7.01. The van der Waals surface area contributed by atoms with Crippen molar-refractivity contribution in [2.24, 2.45) is 5.92 Å². The minimum absolute atomic E-state index is 0.110. The lowest BCUT2D eigenvalue weighted by Gasteiger charge is -2.32. The molecule has 0 bridgehead atoms. The zero-order chi connectivity index (χ0) is 24.5. The van der Waals surface area contributed by atoms with E-state index in [9.17, 15) is 14.0 Å².